The first-order valence-electron chi connectivity index (χ1n) is 10.5. The summed E-state index contributed by atoms with van der Waals surface area (Å²) in [4.78, 5) is 13.6. The predicted molar refractivity (Wildman–Crippen MR) is 135 cm³/mol. The molecule has 5 nitrogen and oxygen atoms in total. The monoisotopic (exact) mass is 564 g/mol. The molecule has 1 amide bonds. The lowest BCUT2D eigenvalue weighted by Crippen LogP contribution is -2.28. The topological polar surface area (TPSA) is 50.8 Å². The van der Waals surface area contributed by atoms with E-state index in [4.69, 9.17) is 32.7 Å². The summed E-state index contributed by atoms with van der Waals surface area (Å²) >= 11 is 15.8. The Hall–Kier alpha value is -1.18. The van der Waals surface area contributed by atoms with Crippen LogP contribution in [0.5, 0.6) is 11.5 Å². The maximum atomic E-state index is 11.7. The Morgan fingerprint density at radius 2 is 2.00 bits per heavy atom. The lowest BCUT2D eigenvalue weighted by molar-refractivity contribution is -0.127. The van der Waals surface area contributed by atoms with Crippen LogP contribution >= 0.6 is 51.5 Å². The fourth-order valence-corrected chi connectivity index (χ4v) is 4.55. The lowest BCUT2D eigenvalue weighted by Gasteiger charge is -2.17. The van der Waals surface area contributed by atoms with E-state index < -0.39 is 0 Å². The summed E-state index contributed by atoms with van der Waals surface area (Å²) < 4.78 is 12.7. The van der Waals surface area contributed by atoms with Crippen LogP contribution < -0.4 is 14.8 Å². The average molecular weight is 567 g/mol. The molecule has 1 fully saturated rings. The van der Waals surface area contributed by atoms with Gasteiger partial charge >= 0.3 is 0 Å². The van der Waals surface area contributed by atoms with Gasteiger partial charge in [-0.05, 0) is 72.1 Å². The van der Waals surface area contributed by atoms with Crippen molar-refractivity contribution in [2.24, 2.45) is 0 Å². The van der Waals surface area contributed by atoms with Crippen LogP contribution in [0.1, 0.15) is 37.3 Å². The Balaban J connectivity index is 0.00000363. The van der Waals surface area contributed by atoms with Gasteiger partial charge < -0.3 is 19.7 Å². The van der Waals surface area contributed by atoms with Crippen LogP contribution in [0.3, 0.4) is 0 Å². The number of nitrogens with one attached hydrogen (secondary N) is 1. The van der Waals surface area contributed by atoms with E-state index in [2.05, 4.69) is 21.2 Å². The van der Waals surface area contributed by atoms with Crippen LogP contribution in [-0.2, 0) is 17.9 Å². The molecule has 1 heterocycles. The van der Waals surface area contributed by atoms with Gasteiger partial charge in [0.2, 0.25) is 5.91 Å². The fourth-order valence-electron chi connectivity index (χ4n) is 3.48. The first kappa shape index (κ1) is 27.1. The summed E-state index contributed by atoms with van der Waals surface area (Å²) in [6.07, 6.45) is 2.62. The predicted octanol–water partition coefficient (Wildman–Crippen LogP) is 6.26. The highest BCUT2D eigenvalue weighted by molar-refractivity contribution is 9.10. The molecule has 0 aliphatic carbocycles. The second-order valence-corrected chi connectivity index (χ2v) is 9.07. The molecule has 1 aliphatic rings. The third-order valence-electron chi connectivity index (χ3n) is 5.04. The first-order chi connectivity index (χ1) is 15.0. The standard InChI is InChI=1S/C23H27BrCl2N2O3.ClH/c1-2-30-21-12-16(14-27-8-4-10-28-9-3-5-22(28)29)11-19(24)23(21)31-15-17-6-7-18(25)13-20(17)26;/h6-7,11-13,27H,2-5,8-10,14-15H2,1H3;1H. The minimum absolute atomic E-state index is 0. The van der Waals surface area contributed by atoms with E-state index in [0.717, 1.165) is 48.1 Å². The molecule has 0 spiro atoms. The maximum Gasteiger partial charge on any atom is 0.222 e. The van der Waals surface area contributed by atoms with Crippen LogP contribution in [0, 0.1) is 0 Å². The molecule has 2 aromatic rings. The molecular formula is C23H28BrCl3N2O3. The molecule has 0 aromatic heterocycles. The first-order valence-corrected chi connectivity index (χ1v) is 12.0. The average Bonchev–Trinajstić information content (AvgIpc) is 3.13. The van der Waals surface area contributed by atoms with Gasteiger partial charge in [0.1, 0.15) is 6.61 Å². The highest BCUT2D eigenvalue weighted by atomic mass is 79.9. The normalized spacial score (nSPS) is 13.2. The number of benzene rings is 2. The molecule has 3 rings (SSSR count). The number of hydrogen-bond acceptors (Lipinski definition) is 4. The molecule has 0 bridgehead atoms. The number of amides is 1. The van der Waals surface area contributed by atoms with Crippen LogP contribution in [0.15, 0.2) is 34.8 Å². The van der Waals surface area contributed by atoms with Crippen molar-refractivity contribution in [1.29, 1.82) is 0 Å². The number of halogens is 4. The second-order valence-electron chi connectivity index (χ2n) is 7.38. The van der Waals surface area contributed by atoms with E-state index in [-0.39, 0.29) is 18.3 Å². The Labute approximate surface area is 214 Å². The van der Waals surface area contributed by atoms with Crippen molar-refractivity contribution >= 4 is 57.4 Å². The van der Waals surface area contributed by atoms with Crippen LogP contribution in [0.25, 0.3) is 0 Å². The number of carbonyl (C=O) groups excluding carboxylic acids is 1. The van der Waals surface area contributed by atoms with Gasteiger partial charge in [0.15, 0.2) is 11.5 Å². The Morgan fingerprint density at radius 1 is 1.19 bits per heavy atom. The lowest BCUT2D eigenvalue weighted by atomic mass is 10.2. The Morgan fingerprint density at radius 3 is 2.69 bits per heavy atom. The molecule has 1 saturated heterocycles. The van der Waals surface area contributed by atoms with Gasteiger partial charge in [0, 0.05) is 41.7 Å². The quantitative estimate of drug-likeness (QED) is 0.327. The SMILES string of the molecule is CCOc1cc(CNCCCN2CCCC2=O)cc(Br)c1OCc1ccc(Cl)cc1Cl.Cl. The summed E-state index contributed by atoms with van der Waals surface area (Å²) in [6, 6.07) is 9.36. The van der Waals surface area contributed by atoms with E-state index in [1.165, 1.54) is 0 Å². The fraction of sp³-hybridized carbons (Fsp3) is 0.435. The minimum atomic E-state index is 0. The van der Waals surface area contributed by atoms with Crippen molar-refractivity contribution in [2.45, 2.75) is 39.3 Å². The van der Waals surface area contributed by atoms with Crippen molar-refractivity contribution in [3.05, 3.63) is 56.0 Å². The summed E-state index contributed by atoms with van der Waals surface area (Å²) in [5, 5.41) is 4.60. The smallest absolute Gasteiger partial charge is 0.222 e. The second kappa shape index (κ2) is 13.5. The zero-order chi connectivity index (χ0) is 22.2. The van der Waals surface area contributed by atoms with E-state index in [1.54, 1.807) is 12.1 Å². The van der Waals surface area contributed by atoms with E-state index in [1.807, 2.05) is 30.0 Å². The van der Waals surface area contributed by atoms with Crippen molar-refractivity contribution in [3.8, 4) is 11.5 Å². The van der Waals surface area contributed by atoms with Crippen LogP contribution in [0.4, 0.5) is 0 Å². The van der Waals surface area contributed by atoms with Crippen LogP contribution in [0.2, 0.25) is 10.0 Å². The molecule has 1 N–H and O–H groups in total. The van der Waals surface area contributed by atoms with Crippen molar-refractivity contribution in [3.63, 3.8) is 0 Å². The molecule has 9 heteroatoms. The van der Waals surface area contributed by atoms with Crippen LogP contribution in [-0.4, -0.2) is 37.0 Å². The zero-order valence-corrected chi connectivity index (χ0v) is 21.9. The molecular weight excluding hydrogens is 539 g/mol. The van der Waals surface area contributed by atoms with Gasteiger partial charge in [-0.15, -0.1) is 12.4 Å². The third kappa shape index (κ3) is 7.70. The number of rotatable bonds is 11. The van der Waals surface area contributed by atoms with Crippen molar-refractivity contribution in [1.82, 2.24) is 10.2 Å². The molecule has 176 valence electrons. The van der Waals surface area contributed by atoms with E-state index in [0.29, 0.717) is 47.7 Å². The number of nitrogens with zero attached hydrogens (tertiary/aromatic N) is 1. The summed E-state index contributed by atoms with van der Waals surface area (Å²) in [5.74, 6) is 1.60. The largest absolute Gasteiger partial charge is 0.490 e. The number of carbonyl (C=O) groups is 1. The Bertz CT molecular complexity index is 914. The van der Waals surface area contributed by atoms with Crippen molar-refractivity contribution < 1.29 is 14.3 Å². The van der Waals surface area contributed by atoms with Gasteiger partial charge in [-0.3, -0.25) is 4.79 Å². The maximum absolute atomic E-state index is 11.7. The molecule has 0 saturated carbocycles. The number of ether oxygens (including phenoxy) is 2. The van der Waals surface area contributed by atoms with E-state index >= 15 is 0 Å². The van der Waals surface area contributed by atoms with E-state index in [9.17, 15) is 4.79 Å². The molecule has 32 heavy (non-hydrogen) atoms. The highest BCUT2D eigenvalue weighted by Crippen LogP contribution is 2.38. The molecule has 2 aromatic carbocycles. The summed E-state index contributed by atoms with van der Waals surface area (Å²) in [6.45, 7) is 6.05. The molecule has 0 atom stereocenters. The van der Waals surface area contributed by atoms with Gasteiger partial charge in [-0.2, -0.15) is 0 Å². The number of likely N-dealkylation sites (tertiary alicyclic amines) is 1. The number of hydrogen-bond donors (Lipinski definition) is 1. The third-order valence-corrected chi connectivity index (χ3v) is 6.21. The highest BCUT2D eigenvalue weighted by Gasteiger charge is 2.19. The van der Waals surface area contributed by atoms with Gasteiger partial charge in [0.05, 0.1) is 11.1 Å². The van der Waals surface area contributed by atoms with Gasteiger partial charge in [0.25, 0.3) is 0 Å². The van der Waals surface area contributed by atoms with Crippen molar-refractivity contribution in [2.75, 3.05) is 26.2 Å². The molecule has 0 radical (unpaired) electrons. The molecule has 1 aliphatic heterocycles. The summed E-state index contributed by atoms with van der Waals surface area (Å²) in [7, 11) is 0. The summed E-state index contributed by atoms with van der Waals surface area (Å²) in [5.41, 5.74) is 1.94. The minimum Gasteiger partial charge on any atom is -0.490 e. The Kier molecular flexibility index (Phi) is 11.4. The van der Waals surface area contributed by atoms with Gasteiger partial charge in [-0.1, -0.05) is 29.3 Å². The van der Waals surface area contributed by atoms with Gasteiger partial charge in [-0.25, -0.2) is 0 Å². The molecule has 0 unspecified atom stereocenters. The zero-order valence-electron chi connectivity index (χ0n) is 18.0.